The van der Waals surface area contributed by atoms with Crippen molar-refractivity contribution in [1.29, 1.82) is 0 Å². The van der Waals surface area contributed by atoms with Crippen LogP contribution in [0.5, 0.6) is 0 Å². The lowest BCUT2D eigenvalue weighted by Gasteiger charge is -2.14. The number of nitrogens with one attached hydrogen (secondary N) is 1. The van der Waals surface area contributed by atoms with Gasteiger partial charge in [0.15, 0.2) is 0 Å². The number of carbonyl (C=O) groups is 1. The second kappa shape index (κ2) is 7.65. The van der Waals surface area contributed by atoms with Crippen molar-refractivity contribution in [2.75, 3.05) is 0 Å². The van der Waals surface area contributed by atoms with E-state index in [1.165, 1.54) is 30.6 Å². The number of carboxylic acid groups (broad SMARTS) is 1. The Kier molecular flexibility index (Phi) is 6.52. The van der Waals surface area contributed by atoms with Crippen LogP contribution in [0.3, 0.4) is 0 Å². The molecule has 0 aliphatic heterocycles. The Bertz CT molecular complexity index is 412. The molecular weight excluding hydrogens is 258 g/mol. The fourth-order valence-corrected chi connectivity index (χ4v) is 2.90. The van der Waals surface area contributed by atoms with Crippen LogP contribution in [-0.4, -0.2) is 17.1 Å². The highest BCUT2D eigenvalue weighted by Gasteiger charge is 2.11. The van der Waals surface area contributed by atoms with E-state index in [4.69, 9.17) is 5.11 Å². The minimum absolute atomic E-state index is 0.432. The van der Waals surface area contributed by atoms with Crippen LogP contribution in [0.2, 0.25) is 0 Å². The molecule has 0 saturated heterocycles. The highest BCUT2D eigenvalue weighted by molar-refractivity contribution is 7.14. The first-order valence-electron chi connectivity index (χ1n) is 6.96. The molecule has 1 unspecified atom stereocenters. The Morgan fingerprint density at radius 2 is 2.05 bits per heavy atom. The molecule has 0 aliphatic rings. The Hall–Kier alpha value is -0.870. The van der Waals surface area contributed by atoms with Crippen LogP contribution in [0, 0.1) is 12.8 Å². The van der Waals surface area contributed by atoms with Crippen molar-refractivity contribution in [3.63, 3.8) is 0 Å². The third-order valence-corrected chi connectivity index (χ3v) is 4.37. The fraction of sp³-hybridized carbons (Fsp3) is 0.667. The van der Waals surface area contributed by atoms with Crippen molar-refractivity contribution in [2.45, 2.75) is 59.5 Å². The van der Waals surface area contributed by atoms with Gasteiger partial charge in [-0.15, -0.1) is 11.3 Å². The topological polar surface area (TPSA) is 49.3 Å². The van der Waals surface area contributed by atoms with Gasteiger partial charge in [-0.1, -0.05) is 26.7 Å². The summed E-state index contributed by atoms with van der Waals surface area (Å²) in [4.78, 5) is 12.4. The molecule has 1 aromatic rings. The van der Waals surface area contributed by atoms with Gasteiger partial charge < -0.3 is 10.4 Å². The van der Waals surface area contributed by atoms with E-state index in [0.717, 1.165) is 22.9 Å². The molecule has 0 aliphatic carbocycles. The third kappa shape index (κ3) is 5.74. The summed E-state index contributed by atoms with van der Waals surface area (Å²) in [5.74, 6) is -0.0613. The molecule has 2 N–H and O–H groups in total. The average Bonchev–Trinajstić information content (AvgIpc) is 2.68. The second-order valence-corrected chi connectivity index (χ2v) is 6.86. The molecule has 3 nitrogen and oxygen atoms in total. The normalized spacial score (nSPS) is 12.9. The maximum atomic E-state index is 10.9. The van der Waals surface area contributed by atoms with Crippen molar-refractivity contribution in [1.82, 2.24) is 5.32 Å². The molecule has 19 heavy (non-hydrogen) atoms. The minimum atomic E-state index is -0.829. The Morgan fingerprint density at radius 1 is 1.37 bits per heavy atom. The Morgan fingerprint density at radius 3 is 2.58 bits per heavy atom. The number of rotatable bonds is 8. The summed E-state index contributed by atoms with van der Waals surface area (Å²) >= 11 is 1.36. The van der Waals surface area contributed by atoms with Crippen LogP contribution in [0.4, 0.5) is 0 Å². The predicted octanol–water partition coefficient (Wildman–Crippen LogP) is 4.06. The van der Waals surface area contributed by atoms with Gasteiger partial charge in [0.05, 0.1) is 0 Å². The number of thiophene rings is 1. The van der Waals surface area contributed by atoms with E-state index in [1.807, 2.05) is 6.92 Å². The van der Waals surface area contributed by atoms with Crippen LogP contribution in [0.25, 0.3) is 0 Å². The molecule has 1 rings (SSSR count). The first-order valence-corrected chi connectivity index (χ1v) is 7.77. The number of carboxylic acids is 1. The number of hydrogen-bond donors (Lipinski definition) is 2. The lowest BCUT2D eigenvalue weighted by Crippen LogP contribution is -2.25. The summed E-state index contributed by atoms with van der Waals surface area (Å²) in [5, 5.41) is 12.4. The first-order chi connectivity index (χ1) is 8.90. The molecule has 1 atom stereocenters. The van der Waals surface area contributed by atoms with E-state index >= 15 is 0 Å². The van der Waals surface area contributed by atoms with E-state index in [1.54, 1.807) is 6.07 Å². The monoisotopic (exact) mass is 283 g/mol. The van der Waals surface area contributed by atoms with E-state index in [9.17, 15) is 4.79 Å². The standard InChI is InChI=1S/C15H25NO2S/c1-10(2)6-5-7-11(3)16-9-13-8-14(15(17)18)19-12(13)4/h8,10-11,16H,5-7,9H2,1-4H3,(H,17,18). The largest absolute Gasteiger partial charge is 0.477 e. The van der Waals surface area contributed by atoms with Gasteiger partial charge in [0.1, 0.15) is 4.88 Å². The van der Waals surface area contributed by atoms with Crippen LogP contribution < -0.4 is 5.32 Å². The van der Waals surface area contributed by atoms with Crippen LogP contribution >= 0.6 is 11.3 Å². The van der Waals surface area contributed by atoms with Crippen LogP contribution in [0.1, 0.15) is 60.1 Å². The van der Waals surface area contributed by atoms with Gasteiger partial charge in [0, 0.05) is 17.5 Å². The quantitative estimate of drug-likeness (QED) is 0.756. The molecule has 0 saturated carbocycles. The molecule has 0 amide bonds. The summed E-state index contributed by atoms with van der Waals surface area (Å²) in [6.45, 7) is 9.44. The highest BCUT2D eigenvalue weighted by Crippen LogP contribution is 2.21. The molecule has 0 bridgehead atoms. The molecule has 1 heterocycles. The third-order valence-electron chi connectivity index (χ3n) is 3.29. The van der Waals surface area contributed by atoms with Crippen molar-refractivity contribution >= 4 is 17.3 Å². The van der Waals surface area contributed by atoms with E-state index in [2.05, 4.69) is 26.1 Å². The smallest absolute Gasteiger partial charge is 0.345 e. The van der Waals surface area contributed by atoms with Gasteiger partial charge in [-0.2, -0.15) is 0 Å². The average molecular weight is 283 g/mol. The second-order valence-electron chi connectivity index (χ2n) is 5.60. The molecule has 0 radical (unpaired) electrons. The minimum Gasteiger partial charge on any atom is -0.477 e. The van der Waals surface area contributed by atoms with Crippen molar-refractivity contribution in [3.05, 3.63) is 21.4 Å². The number of hydrogen-bond acceptors (Lipinski definition) is 3. The summed E-state index contributed by atoms with van der Waals surface area (Å²) in [6.07, 6.45) is 3.69. The molecule has 108 valence electrons. The first kappa shape index (κ1) is 16.2. The molecular formula is C15H25NO2S. The highest BCUT2D eigenvalue weighted by atomic mass is 32.1. The Labute approximate surface area is 120 Å². The maximum Gasteiger partial charge on any atom is 0.345 e. The zero-order chi connectivity index (χ0) is 14.4. The molecule has 0 fully saturated rings. The zero-order valence-electron chi connectivity index (χ0n) is 12.3. The number of aryl methyl sites for hydroxylation is 1. The SMILES string of the molecule is Cc1sc(C(=O)O)cc1CNC(C)CCCC(C)C. The molecule has 1 aromatic heterocycles. The summed E-state index contributed by atoms with van der Waals surface area (Å²) in [5.41, 5.74) is 1.11. The maximum absolute atomic E-state index is 10.9. The Balaban J connectivity index is 2.37. The lowest BCUT2D eigenvalue weighted by molar-refractivity contribution is 0.0702. The van der Waals surface area contributed by atoms with Gasteiger partial charge in [-0.3, -0.25) is 0 Å². The van der Waals surface area contributed by atoms with Crippen LogP contribution in [0.15, 0.2) is 6.07 Å². The van der Waals surface area contributed by atoms with Gasteiger partial charge in [-0.25, -0.2) is 4.79 Å². The van der Waals surface area contributed by atoms with Gasteiger partial charge in [-0.05, 0) is 37.8 Å². The number of aromatic carboxylic acids is 1. The summed E-state index contributed by atoms with van der Waals surface area (Å²) in [6, 6.07) is 2.27. The van der Waals surface area contributed by atoms with E-state index in [-0.39, 0.29) is 0 Å². The van der Waals surface area contributed by atoms with E-state index in [0.29, 0.717) is 10.9 Å². The molecule has 0 aromatic carbocycles. The van der Waals surface area contributed by atoms with Gasteiger partial charge in [0.2, 0.25) is 0 Å². The lowest BCUT2D eigenvalue weighted by atomic mass is 10.0. The predicted molar refractivity (Wildman–Crippen MR) is 81.0 cm³/mol. The van der Waals surface area contributed by atoms with Crippen LogP contribution in [-0.2, 0) is 6.54 Å². The van der Waals surface area contributed by atoms with Gasteiger partial charge in [0.25, 0.3) is 0 Å². The molecule has 0 spiro atoms. The fourth-order valence-electron chi connectivity index (χ4n) is 2.02. The van der Waals surface area contributed by atoms with Crippen molar-refractivity contribution < 1.29 is 9.90 Å². The van der Waals surface area contributed by atoms with Crippen molar-refractivity contribution in [3.8, 4) is 0 Å². The van der Waals surface area contributed by atoms with Gasteiger partial charge >= 0.3 is 5.97 Å². The zero-order valence-corrected chi connectivity index (χ0v) is 13.1. The summed E-state index contributed by atoms with van der Waals surface area (Å²) < 4.78 is 0. The van der Waals surface area contributed by atoms with Crippen molar-refractivity contribution in [2.24, 2.45) is 5.92 Å². The molecule has 4 heteroatoms. The summed E-state index contributed by atoms with van der Waals surface area (Å²) in [7, 11) is 0. The van der Waals surface area contributed by atoms with E-state index < -0.39 is 5.97 Å².